The van der Waals surface area contributed by atoms with Crippen LogP contribution >= 0.6 is 15.9 Å². The molecule has 2 aromatic carbocycles. The maximum absolute atomic E-state index is 12.7. The summed E-state index contributed by atoms with van der Waals surface area (Å²) in [4.78, 5) is 38.4. The first-order chi connectivity index (χ1) is 13.9. The number of hydrogen-bond donors (Lipinski definition) is 2. The second kappa shape index (κ2) is 7.87. The van der Waals surface area contributed by atoms with Crippen molar-refractivity contribution in [2.45, 2.75) is 19.8 Å². The van der Waals surface area contributed by atoms with Gasteiger partial charge in [-0.3, -0.25) is 19.3 Å². The van der Waals surface area contributed by atoms with Crippen molar-refractivity contribution in [3.05, 3.63) is 46.4 Å². The number of ether oxygens (including phenoxy) is 1. The van der Waals surface area contributed by atoms with E-state index >= 15 is 0 Å². The van der Waals surface area contributed by atoms with Crippen LogP contribution in [0.5, 0.6) is 5.75 Å². The molecular formula is C21H20BrN3O4. The van der Waals surface area contributed by atoms with Crippen molar-refractivity contribution in [2.24, 2.45) is 5.92 Å². The number of anilines is 3. The highest BCUT2D eigenvalue weighted by atomic mass is 79.9. The number of rotatable bonds is 5. The lowest BCUT2D eigenvalue weighted by molar-refractivity contribution is -0.123. The van der Waals surface area contributed by atoms with Crippen LogP contribution in [0.15, 0.2) is 40.9 Å². The van der Waals surface area contributed by atoms with Gasteiger partial charge in [0.15, 0.2) is 6.61 Å². The largest absolute Gasteiger partial charge is 0.482 e. The summed E-state index contributed by atoms with van der Waals surface area (Å²) in [5.41, 5.74) is 2.66. The molecule has 1 aliphatic carbocycles. The number of amides is 3. The number of carbonyl (C=O) groups is 3. The van der Waals surface area contributed by atoms with Gasteiger partial charge in [0.05, 0.1) is 5.69 Å². The van der Waals surface area contributed by atoms with Gasteiger partial charge in [0, 0.05) is 21.8 Å². The second-order valence-corrected chi connectivity index (χ2v) is 8.14. The van der Waals surface area contributed by atoms with E-state index in [0.29, 0.717) is 22.8 Å². The monoisotopic (exact) mass is 457 g/mol. The molecule has 4 rings (SSSR count). The summed E-state index contributed by atoms with van der Waals surface area (Å²) in [5.74, 6) is 0.0439. The fourth-order valence-electron chi connectivity index (χ4n) is 3.11. The van der Waals surface area contributed by atoms with Gasteiger partial charge in [0.1, 0.15) is 12.3 Å². The summed E-state index contributed by atoms with van der Waals surface area (Å²) < 4.78 is 6.28. The third-order valence-corrected chi connectivity index (χ3v) is 5.39. The van der Waals surface area contributed by atoms with E-state index in [9.17, 15) is 14.4 Å². The Morgan fingerprint density at radius 3 is 2.72 bits per heavy atom. The molecule has 2 N–H and O–H groups in total. The van der Waals surface area contributed by atoms with E-state index in [2.05, 4.69) is 26.6 Å². The zero-order valence-electron chi connectivity index (χ0n) is 15.8. The van der Waals surface area contributed by atoms with Crippen molar-refractivity contribution in [2.75, 3.05) is 28.7 Å². The Kier molecular flexibility index (Phi) is 5.27. The molecule has 29 heavy (non-hydrogen) atoms. The smallest absolute Gasteiger partial charge is 0.265 e. The van der Waals surface area contributed by atoms with Crippen LogP contribution in [0.1, 0.15) is 18.4 Å². The van der Waals surface area contributed by atoms with Gasteiger partial charge in [-0.1, -0.05) is 22.0 Å². The van der Waals surface area contributed by atoms with E-state index in [1.165, 1.54) is 4.90 Å². The molecule has 0 atom stereocenters. The number of carbonyl (C=O) groups excluding carboxylic acids is 3. The molecule has 0 bridgehead atoms. The van der Waals surface area contributed by atoms with Crippen molar-refractivity contribution in [3.63, 3.8) is 0 Å². The van der Waals surface area contributed by atoms with E-state index < -0.39 is 0 Å². The fourth-order valence-corrected chi connectivity index (χ4v) is 3.45. The Hall–Kier alpha value is -2.87. The molecule has 7 nitrogen and oxygen atoms in total. The van der Waals surface area contributed by atoms with Crippen LogP contribution < -0.4 is 20.3 Å². The summed E-state index contributed by atoms with van der Waals surface area (Å²) in [5, 5.41) is 5.72. The lowest BCUT2D eigenvalue weighted by Gasteiger charge is -2.29. The SMILES string of the molecule is Cc1ccc(NC(=O)C2CC2)cc1NC(=O)CN1C(=O)COc2cc(Br)ccc21. The summed E-state index contributed by atoms with van der Waals surface area (Å²) in [6.45, 7) is 1.63. The highest BCUT2D eigenvalue weighted by Crippen LogP contribution is 2.34. The van der Waals surface area contributed by atoms with Crippen LogP contribution in [0, 0.1) is 12.8 Å². The van der Waals surface area contributed by atoms with Crippen molar-refractivity contribution in [3.8, 4) is 5.75 Å². The maximum Gasteiger partial charge on any atom is 0.265 e. The highest BCUT2D eigenvalue weighted by Gasteiger charge is 2.30. The van der Waals surface area contributed by atoms with Gasteiger partial charge in [0.2, 0.25) is 11.8 Å². The number of nitrogens with one attached hydrogen (secondary N) is 2. The van der Waals surface area contributed by atoms with E-state index in [1.54, 1.807) is 24.3 Å². The van der Waals surface area contributed by atoms with Gasteiger partial charge < -0.3 is 15.4 Å². The number of nitrogens with zero attached hydrogens (tertiary/aromatic N) is 1. The molecule has 0 radical (unpaired) electrons. The first-order valence-electron chi connectivity index (χ1n) is 9.35. The minimum atomic E-state index is -0.331. The number of hydrogen-bond acceptors (Lipinski definition) is 4. The van der Waals surface area contributed by atoms with E-state index in [-0.39, 0.29) is 36.8 Å². The predicted octanol–water partition coefficient (Wildman–Crippen LogP) is 3.47. The quantitative estimate of drug-likeness (QED) is 0.719. The van der Waals surface area contributed by atoms with Crippen LogP contribution in [0.2, 0.25) is 0 Å². The number of benzene rings is 2. The molecule has 0 saturated heterocycles. The molecule has 1 aliphatic heterocycles. The third kappa shape index (κ3) is 4.42. The second-order valence-electron chi connectivity index (χ2n) is 7.22. The zero-order valence-corrected chi connectivity index (χ0v) is 17.4. The molecule has 1 heterocycles. The summed E-state index contributed by atoms with van der Waals surface area (Å²) in [7, 11) is 0. The van der Waals surface area contributed by atoms with Crippen LogP contribution in [-0.4, -0.2) is 30.9 Å². The van der Waals surface area contributed by atoms with Gasteiger partial charge in [-0.15, -0.1) is 0 Å². The Bertz CT molecular complexity index is 1000. The number of aryl methyl sites for hydroxylation is 1. The predicted molar refractivity (Wildman–Crippen MR) is 113 cm³/mol. The van der Waals surface area contributed by atoms with Crippen molar-refractivity contribution < 1.29 is 19.1 Å². The normalized spacial score (nSPS) is 15.4. The minimum absolute atomic E-state index is 0.00723. The molecular weight excluding hydrogens is 438 g/mol. The van der Waals surface area contributed by atoms with Crippen LogP contribution in [0.25, 0.3) is 0 Å². The minimum Gasteiger partial charge on any atom is -0.482 e. The molecule has 0 aromatic heterocycles. The Morgan fingerprint density at radius 2 is 1.97 bits per heavy atom. The van der Waals surface area contributed by atoms with Gasteiger partial charge in [-0.25, -0.2) is 0 Å². The standard InChI is InChI=1S/C21H20BrN3O4/c1-12-2-6-15(23-21(28)13-3-4-13)9-16(12)24-19(26)10-25-17-7-5-14(22)8-18(17)29-11-20(25)27/h2,5-9,13H,3-4,10-11H2,1H3,(H,23,28)(H,24,26). The molecule has 0 spiro atoms. The lowest BCUT2D eigenvalue weighted by atomic mass is 10.1. The number of fused-ring (bicyclic) bond motifs is 1. The van der Waals surface area contributed by atoms with Crippen molar-refractivity contribution in [1.29, 1.82) is 0 Å². The average Bonchev–Trinajstić information content (AvgIpc) is 3.52. The molecule has 1 fully saturated rings. The van der Waals surface area contributed by atoms with Crippen molar-refractivity contribution in [1.82, 2.24) is 0 Å². The number of halogens is 1. The fraction of sp³-hybridized carbons (Fsp3) is 0.286. The van der Waals surface area contributed by atoms with Gasteiger partial charge in [-0.05, 0) is 55.7 Å². The first-order valence-corrected chi connectivity index (χ1v) is 10.1. The van der Waals surface area contributed by atoms with Gasteiger partial charge in [-0.2, -0.15) is 0 Å². The summed E-state index contributed by atoms with van der Waals surface area (Å²) in [6, 6.07) is 10.7. The Morgan fingerprint density at radius 1 is 1.17 bits per heavy atom. The van der Waals surface area contributed by atoms with Crippen LogP contribution in [-0.2, 0) is 14.4 Å². The molecule has 150 valence electrons. The average molecular weight is 458 g/mol. The molecule has 2 aliphatic rings. The summed E-state index contributed by atoms with van der Waals surface area (Å²) >= 11 is 3.37. The first kappa shape index (κ1) is 19.4. The molecule has 8 heteroatoms. The highest BCUT2D eigenvalue weighted by molar-refractivity contribution is 9.10. The van der Waals surface area contributed by atoms with Gasteiger partial charge >= 0.3 is 0 Å². The molecule has 3 amide bonds. The van der Waals surface area contributed by atoms with Crippen LogP contribution in [0.4, 0.5) is 17.1 Å². The third-order valence-electron chi connectivity index (χ3n) is 4.89. The van der Waals surface area contributed by atoms with E-state index in [0.717, 1.165) is 22.9 Å². The van der Waals surface area contributed by atoms with E-state index in [4.69, 9.17) is 4.74 Å². The molecule has 0 unspecified atom stereocenters. The maximum atomic E-state index is 12.7. The van der Waals surface area contributed by atoms with Crippen molar-refractivity contribution >= 4 is 50.7 Å². The molecule has 1 saturated carbocycles. The molecule has 2 aromatic rings. The van der Waals surface area contributed by atoms with Crippen LogP contribution in [0.3, 0.4) is 0 Å². The topological polar surface area (TPSA) is 87.7 Å². The summed E-state index contributed by atoms with van der Waals surface area (Å²) in [6.07, 6.45) is 1.85. The zero-order chi connectivity index (χ0) is 20.5. The Balaban J connectivity index is 1.47. The Labute approximate surface area is 176 Å². The van der Waals surface area contributed by atoms with E-state index in [1.807, 2.05) is 19.1 Å². The van der Waals surface area contributed by atoms with Gasteiger partial charge in [0.25, 0.3) is 5.91 Å². The lowest BCUT2D eigenvalue weighted by Crippen LogP contribution is -2.43.